The van der Waals surface area contributed by atoms with Crippen molar-refractivity contribution in [2.75, 3.05) is 5.75 Å². The number of aliphatic carboxylic acids is 1. The first-order chi connectivity index (χ1) is 16.2. The monoisotopic (exact) mass is 503 g/mol. The summed E-state index contributed by atoms with van der Waals surface area (Å²) in [6.07, 6.45) is -4.50. The number of hydrogen-bond acceptors (Lipinski definition) is 5. The Hall–Kier alpha value is -3.04. The van der Waals surface area contributed by atoms with Crippen LogP contribution < -0.4 is 4.74 Å². The molecule has 4 nitrogen and oxygen atoms in total. The Morgan fingerprint density at radius 1 is 1.09 bits per heavy atom. The van der Waals surface area contributed by atoms with Crippen molar-refractivity contribution in [3.63, 3.8) is 0 Å². The summed E-state index contributed by atoms with van der Waals surface area (Å²) in [4.78, 5) is 16.6. The van der Waals surface area contributed by atoms with E-state index in [1.165, 1.54) is 30.4 Å². The molecule has 0 saturated heterocycles. The molecule has 34 heavy (non-hydrogen) atoms. The van der Waals surface area contributed by atoms with Gasteiger partial charge in [-0.15, -0.1) is 23.1 Å². The minimum Gasteiger partial charge on any atom is -0.479 e. The maximum absolute atomic E-state index is 12.8. The number of carboxylic acid groups (broad SMARTS) is 1. The third-order valence-electron chi connectivity index (χ3n) is 5.09. The average Bonchev–Trinajstić information content (AvgIpc) is 3.25. The summed E-state index contributed by atoms with van der Waals surface area (Å²) < 4.78 is 44.9. The van der Waals surface area contributed by atoms with Gasteiger partial charge in [0.05, 0.1) is 15.8 Å². The van der Waals surface area contributed by atoms with Crippen LogP contribution in [0.15, 0.2) is 71.6 Å². The number of hydrogen-bond donors (Lipinski definition) is 1. The van der Waals surface area contributed by atoms with Crippen LogP contribution in [0.3, 0.4) is 0 Å². The van der Waals surface area contributed by atoms with Crippen molar-refractivity contribution in [3.8, 4) is 16.3 Å². The zero-order valence-corrected chi connectivity index (χ0v) is 19.6. The zero-order chi connectivity index (χ0) is 24.3. The van der Waals surface area contributed by atoms with Gasteiger partial charge in [-0.05, 0) is 61.4 Å². The molecule has 0 bridgehead atoms. The molecule has 9 heteroatoms. The predicted octanol–water partition coefficient (Wildman–Crippen LogP) is 7.17. The number of para-hydroxylation sites is 1. The van der Waals surface area contributed by atoms with E-state index in [0.29, 0.717) is 16.3 Å². The summed E-state index contributed by atoms with van der Waals surface area (Å²) in [6.45, 7) is 1.48. The summed E-state index contributed by atoms with van der Waals surface area (Å²) in [5, 5.41) is 9.62. The number of thiazole rings is 1. The number of aryl methyl sites for hydroxylation is 1. The van der Waals surface area contributed by atoms with Gasteiger partial charge in [0, 0.05) is 16.2 Å². The molecule has 0 spiro atoms. The highest BCUT2D eigenvalue weighted by molar-refractivity contribution is 7.99. The summed E-state index contributed by atoms with van der Waals surface area (Å²) in [5.74, 6) is 0.288. The molecule has 0 aliphatic carbocycles. The standard InChI is InChI=1S/C25H20F3NO3S2/c1-15(24(30)31)32-19-9-11-20(12-10-19)33-14-13-16-3-2-4-21-22(16)29-23(34-21)17-5-7-18(8-6-17)25(26,27)28/h2-12,15H,13-14H2,1H3,(H,30,31). The molecule has 4 aromatic rings. The number of rotatable bonds is 8. The quantitative estimate of drug-likeness (QED) is 0.258. The summed E-state index contributed by atoms with van der Waals surface area (Å²) >= 11 is 3.12. The number of nitrogens with zero attached hydrogens (tertiary/aromatic N) is 1. The number of carbonyl (C=O) groups is 1. The minimum atomic E-state index is -4.36. The first-order valence-corrected chi connectivity index (χ1v) is 12.2. The van der Waals surface area contributed by atoms with Crippen LogP contribution in [0.4, 0.5) is 13.2 Å². The first kappa shape index (κ1) is 24.1. The van der Waals surface area contributed by atoms with Crippen LogP contribution in [-0.2, 0) is 17.4 Å². The SMILES string of the molecule is CC(Oc1ccc(SCCc2cccc3sc(-c4ccc(C(F)(F)F)cc4)nc23)cc1)C(=O)O. The van der Waals surface area contributed by atoms with Crippen molar-refractivity contribution in [1.29, 1.82) is 0 Å². The Kier molecular flexibility index (Phi) is 7.13. The molecule has 1 unspecified atom stereocenters. The normalized spacial score (nSPS) is 12.6. The topological polar surface area (TPSA) is 59.4 Å². The number of fused-ring (bicyclic) bond motifs is 1. The van der Waals surface area contributed by atoms with E-state index >= 15 is 0 Å². The molecule has 0 amide bonds. The van der Waals surface area contributed by atoms with Crippen LogP contribution in [0.2, 0.25) is 0 Å². The van der Waals surface area contributed by atoms with Crippen molar-refractivity contribution < 1.29 is 27.8 Å². The molecule has 0 aliphatic rings. The summed E-state index contributed by atoms with van der Waals surface area (Å²) in [6, 6.07) is 18.3. The molecule has 4 rings (SSSR count). The van der Waals surface area contributed by atoms with Gasteiger partial charge in [0.25, 0.3) is 0 Å². The van der Waals surface area contributed by atoms with Crippen LogP contribution in [-0.4, -0.2) is 27.9 Å². The van der Waals surface area contributed by atoms with E-state index in [0.717, 1.165) is 45.0 Å². The van der Waals surface area contributed by atoms with E-state index in [1.54, 1.807) is 23.9 Å². The van der Waals surface area contributed by atoms with E-state index in [9.17, 15) is 18.0 Å². The van der Waals surface area contributed by atoms with Crippen molar-refractivity contribution in [3.05, 3.63) is 77.9 Å². The number of aromatic nitrogens is 1. The molecule has 1 aromatic heterocycles. The molecular formula is C25H20F3NO3S2. The largest absolute Gasteiger partial charge is 0.479 e. The number of halogens is 3. The predicted molar refractivity (Wildman–Crippen MR) is 129 cm³/mol. The van der Waals surface area contributed by atoms with Crippen LogP contribution in [0, 0.1) is 0 Å². The van der Waals surface area contributed by atoms with Crippen molar-refractivity contribution in [2.45, 2.75) is 30.5 Å². The number of benzene rings is 3. The van der Waals surface area contributed by atoms with Gasteiger partial charge in [-0.2, -0.15) is 13.2 Å². The molecule has 1 heterocycles. The molecule has 1 N–H and O–H groups in total. The summed E-state index contributed by atoms with van der Waals surface area (Å²) in [7, 11) is 0. The number of alkyl halides is 3. The third kappa shape index (κ3) is 5.71. The van der Waals surface area contributed by atoms with E-state index in [-0.39, 0.29) is 0 Å². The Morgan fingerprint density at radius 2 is 1.79 bits per heavy atom. The van der Waals surface area contributed by atoms with Gasteiger partial charge in [0.1, 0.15) is 10.8 Å². The van der Waals surface area contributed by atoms with Crippen LogP contribution >= 0.6 is 23.1 Å². The van der Waals surface area contributed by atoms with E-state index in [2.05, 4.69) is 0 Å². The smallest absolute Gasteiger partial charge is 0.416 e. The van der Waals surface area contributed by atoms with E-state index in [1.807, 2.05) is 30.3 Å². The number of thioether (sulfide) groups is 1. The van der Waals surface area contributed by atoms with E-state index in [4.69, 9.17) is 14.8 Å². The molecule has 0 saturated carbocycles. The molecule has 0 fully saturated rings. The number of ether oxygens (including phenoxy) is 1. The second kappa shape index (κ2) is 10.1. The maximum Gasteiger partial charge on any atom is 0.416 e. The Morgan fingerprint density at radius 3 is 2.44 bits per heavy atom. The van der Waals surface area contributed by atoms with Gasteiger partial charge in [-0.25, -0.2) is 9.78 Å². The third-order valence-corrected chi connectivity index (χ3v) is 7.17. The molecule has 0 radical (unpaired) electrons. The Labute approximate surface area is 202 Å². The van der Waals surface area contributed by atoms with Crippen LogP contribution in [0.1, 0.15) is 18.1 Å². The van der Waals surface area contributed by atoms with Gasteiger partial charge in [-0.1, -0.05) is 24.3 Å². The average molecular weight is 504 g/mol. The molecule has 3 aromatic carbocycles. The highest BCUT2D eigenvalue weighted by Gasteiger charge is 2.30. The van der Waals surface area contributed by atoms with Crippen LogP contribution in [0.5, 0.6) is 5.75 Å². The Bertz CT molecular complexity index is 1290. The zero-order valence-electron chi connectivity index (χ0n) is 18.0. The fraction of sp³-hybridized carbons (Fsp3) is 0.200. The first-order valence-electron chi connectivity index (χ1n) is 10.4. The van der Waals surface area contributed by atoms with Crippen molar-refractivity contribution in [2.24, 2.45) is 0 Å². The highest BCUT2D eigenvalue weighted by Crippen LogP contribution is 2.35. The second-order valence-corrected chi connectivity index (χ2v) is 9.73. The molecular weight excluding hydrogens is 483 g/mol. The van der Waals surface area contributed by atoms with Crippen molar-refractivity contribution >= 4 is 39.3 Å². The maximum atomic E-state index is 12.8. The fourth-order valence-corrected chi connectivity index (χ4v) is 5.19. The molecule has 1 atom stereocenters. The Balaban J connectivity index is 1.42. The lowest BCUT2D eigenvalue weighted by Crippen LogP contribution is -2.22. The summed E-state index contributed by atoms with van der Waals surface area (Å²) in [5.41, 5.74) is 1.93. The second-order valence-electron chi connectivity index (χ2n) is 7.53. The lowest BCUT2D eigenvalue weighted by molar-refractivity contribution is -0.144. The minimum absolute atomic E-state index is 0.502. The highest BCUT2D eigenvalue weighted by atomic mass is 32.2. The van der Waals surface area contributed by atoms with Gasteiger partial charge >= 0.3 is 12.1 Å². The molecule has 176 valence electrons. The van der Waals surface area contributed by atoms with E-state index < -0.39 is 23.8 Å². The van der Waals surface area contributed by atoms with Gasteiger partial charge in [0.15, 0.2) is 6.10 Å². The van der Waals surface area contributed by atoms with Gasteiger partial charge in [-0.3, -0.25) is 0 Å². The lowest BCUT2D eigenvalue weighted by Gasteiger charge is -2.10. The van der Waals surface area contributed by atoms with Gasteiger partial charge < -0.3 is 9.84 Å². The lowest BCUT2D eigenvalue weighted by atomic mass is 10.1. The fourth-order valence-electron chi connectivity index (χ4n) is 3.28. The van der Waals surface area contributed by atoms with Crippen molar-refractivity contribution in [1.82, 2.24) is 4.98 Å². The van der Waals surface area contributed by atoms with Crippen LogP contribution in [0.25, 0.3) is 20.8 Å². The van der Waals surface area contributed by atoms with Gasteiger partial charge in [0.2, 0.25) is 0 Å². The molecule has 0 aliphatic heterocycles. The number of carboxylic acids is 1.